The largest absolute Gasteiger partial charge is 0.387 e. The summed E-state index contributed by atoms with van der Waals surface area (Å²) in [6.07, 6.45) is -1.11. The molecular weight excluding hydrogens is 291 g/mol. The Labute approximate surface area is 118 Å². The van der Waals surface area contributed by atoms with E-state index >= 15 is 0 Å². The smallest absolute Gasteiger partial charge is 0.159 e. The number of nitrogens with one attached hydrogen (secondary N) is 1. The monoisotopic (exact) mass is 301 g/mol. The van der Waals surface area contributed by atoms with Crippen LogP contribution in [0.4, 0.5) is 18.9 Å². The average Bonchev–Trinajstić information content (AvgIpc) is 2.42. The van der Waals surface area contributed by atoms with Crippen LogP contribution in [0.3, 0.4) is 0 Å². The van der Waals surface area contributed by atoms with E-state index in [1.54, 1.807) is 0 Å². The van der Waals surface area contributed by atoms with Gasteiger partial charge in [-0.2, -0.15) is 0 Å². The zero-order valence-corrected chi connectivity index (χ0v) is 11.0. The normalized spacial score (nSPS) is 12.2. The van der Waals surface area contributed by atoms with Crippen molar-refractivity contribution < 1.29 is 18.3 Å². The zero-order valence-electron chi connectivity index (χ0n) is 10.2. The summed E-state index contributed by atoms with van der Waals surface area (Å²) < 4.78 is 39.2. The highest BCUT2D eigenvalue weighted by molar-refractivity contribution is 6.30. The summed E-state index contributed by atoms with van der Waals surface area (Å²) in [4.78, 5) is 0. The van der Waals surface area contributed by atoms with Gasteiger partial charge in [-0.05, 0) is 35.9 Å². The van der Waals surface area contributed by atoms with Gasteiger partial charge in [0.05, 0.1) is 11.8 Å². The molecule has 1 unspecified atom stereocenters. The van der Waals surface area contributed by atoms with Crippen molar-refractivity contribution >= 4 is 17.3 Å². The first kappa shape index (κ1) is 14.7. The molecule has 2 N–H and O–H groups in total. The summed E-state index contributed by atoms with van der Waals surface area (Å²) >= 11 is 5.73. The number of anilines is 1. The van der Waals surface area contributed by atoms with Gasteiger partial charge >= 0.3 is 0 Å². The lowest BCUT2D eigenvalue weighted by Gasteiger charge is -2.14. The highest BCUT2D eigenvalue weighted by Gasteiger charge is 2.12. The maximum absolute atomic E-state index is 13.4. The molecule has 0 aliphatic heterocycles. The van der Waals surface area contributed by atoms with Crippen molar-refractivity contribution in [3.8, 4) is 0 Å². The van der Waals surface area contributed by atoms with Crippen LogP contribution in [0.2, 0.25) is 5.02 Å². The average molecular weight is 302 g/mol. The van der Waals surface area contributed by atoms with Crippen LogP contribution in [0.25, 0.3) is 0 Å². The van der Waals surface area contributed by atoms with E-state index < -0.39 is 23.6 Å². The topological polar surface area (TPSA) is 32.3 Å². The first-order chi connectivity index (χ1) is 9.47. The maximum Gasteiger partial charge on any atom is 0.159 e. The van der Waals surface area contributed by atoms with Crippen LogP contribution in [0, 0.1) is 17.5 Å². The number of halogens is 4. The van der Waals surface area contributed by atoms with Gasteiger partial charge in [-0.25, -0.2) is 13.2 Å². The zero-order chi connectivity index (χ0) is 14.7. The van der Waals surface area contributed by atoms with E-state index in [4.69, 9.17) is 11.6 Å². The molecule has 0 fully saturated rings. The van der Waals surface area contributed by atoms with Crippen LogP contribution in [0.1, 0.15) is 11.7 Å². The molecule has 20 heavy (non-hydrogen) atoms. The Kier molecular flexibility index (Phi) is 4.52. The van der Waals surface area contributed by atoms with Crippen LogP contribution < -0.4 is 5.32 Å². The number of aliphatic hydroxyl groups is 1. The Morgan fingerprint density at radius 3 is 2.40 bits per heavy atom. The summed E-state index contributed by atoms with van der Waals surface area (Å²) in [6, 6.07) is 7.04. The molecule has 0 aliphatic carbocycles. The fourth-order valence-corrected chi connectivity index (χ4v) is 1.85. The number of aliphatic hydroxyl groups excluding tert-OH is 1. The van der Waals surface area contributed by atoms with E-state index in [1.165, 1.54) is 24.3 Å². The van der Waals surface area contributed by atoms with Gasteiger partial charge < -0.3 is 10.4 Å². The van der Waals surface area contributed by atoms with Gasteiger partial charge in [0.1, 0.15) is 5.82 Å². The molecule has 0 heterocycles. The van der Waals surface area contributed by atoms with Gasteiger partial charge in [0.15, 0.2) is 11.6 Å². The Balaban J connectivity index is 2.06. The van der Waals surface area contributed by atoms with Gasteiger partial charge in [-0.15, -0.1) is 0 Å². The van der Waals surface area contributed by atoms with Crippen molar-refractivity contribution in [3.63, 3.8) is 0 Å². The van der Waals surface area contributed by atoms with Gasteiger partial charge in [0, 0.05) is 11.6 Å². The molecule has 0 aliphatic rings. The van der Waals surface area contributed by atoms with Crippen molar-refractivity contribution in [2.45, 2.75) is 6.10 Å². The molecule has 0 saturated carbocycles. The molecule has 0 bridgehead atoms. The third kappa shape index (κ3) is 3.43. The Hall–Kier alpha value is -1.72. The molecule has 106 valence electrons. The Bertz CT molecular complexity index is 621. The first-order valence-electron chi connectivity index (χ1n) is 5.79. The van der Waals surface area contributed by atoms with Gasteiger partial charge in [0.2, 0.25) is 0 Å². The Morgan fingerprint density at radius 1 is 1.00 bits per heavy atom. The molecular formula is C14H11ClF3NO. The van der Waals surface area contributed by atoms with Crippen LogP contribution in [-0.4, -0.2) is 11.7 Å². The predicted molar refractivity (Wildman–Crippen MR) is 71.2 cm³/mol. The maximum atomic E-state index is 13.4. The standard InChI is InChI=1S/C14H11ClF3NO/c15-9-2-4-11(17)13(6-9)19-7-14(20)8-1-3-10(16)12(18)5-8/h1-6,14,19-20H,7H2. The lowest BCUT2D eigenvalue weighted by Crippen LogP contribution is -2.13. The summed E-state index contributed by atoms with van der Waals surface area (Å²) in [5.41, 5.74) is 0.318. The number of hydrogen-bond donors (Lipinski definition) is 2. The predicted octanol–water partition coefficient (Wildman–Crippen LogP) is 3.90. The number of hydrogen-bond acceptors (Lipinski definition) is 2. The highest BCUT2D eigenvalue weighted by atomic mass is 35.5. The molecule has 0 spiro atoms. The van der Waals surface area contributed by atoms with Gasteiger partial charge in [-0.1, -0.05) is 17.7 Å². The SMILES string of the molecule is OC(CNc1cc(Cl)ccc1F)c1ccc(F)c(F)c1. The van der Waals surface area contributed by atoms with Gasteiger partial charge in [0.25, 0.3) is 0 Å². The minimum absolute atomic E-state index is 0.0671. The summed E-state index contributed by atoms with van der Waals surface area (Å²) in [5.74, 6) is -2.56. The van der Waals surface area contributed by atoms with Crippen molar-refractivity contribution in [3.05, 3.63) is 64.4 Å². The van der Waals surface area contributed by atoms with E-state index in [-0.39, 0.29) is 17.8 Å². The third-order valence-corrected chi connectivity index (χ3v) is 2.98. The van der Waals surface area contributed by atoms with Crippen molar-refractivity contribution in [2.75, 3.05) is 11.9 Å². The molecule has 1 atom stereocenters. The van der Waals surface area contributed by atoms with E-state index in [0.29, 0.717) is 5.02 Å². The molecule has 0 radical (unpaired) electrons. The molecule has 0 amide bonds. The van der Waals surface area contributed by atoms with Crippen LogP contribution >= 0.6 is 11.6 Å². The van der Waals surface area contributed by atoms with E-state index in [9.17, 15) is 18.3 Å². The molecule has 6 heteroatoms. The summed E-state index contributed by atoms with van der Waals surface area (Å²) in [6.45, 7) is -0.0671. The van der Waals surface area contributed by atoms with Crippen molar-refractivity contribution in [1.82, 2.24) is 0 Å². The Morgan fingerprint density at radius 2 is 1.70 bits per heavy atom. The number of rotatable bonds is 4. The van der Waals surface area contributed by atoms with Crippen molar-refractivity contribution in [2.24, 2.45) is 0 Å². The summed E-state index contributed by atoms with van der Waals surface area (Å²) in [5, 5.41) is 12.9. The molecule has 2 rings (SSSR count). The van der Waals surface area contributed by atoms with Crippen molar-refractivity contribution in [1.29, 1.82) is 0 Å². The molecule has 0 saturated heterocycles. The molecule has 2 aromatic carbocycles. The lowest BCUT2D eigenvalue weighted by atomic mass is 10.1. The highest BCUT2D eigenvalue weighted by Crippen LogP contribution is 2.21. The number of benzene rings is 2. The third-order valence-electron chi connectivity index (χ3n) is 2.74. The lowest BCUT2D eigenvalue weighted by molar-refractivity contribution is 0.191. The van der Waals surface area contributed by atoms with E-state index in [0.717, 1.165) is 12.1 Å². The fraction of sp³-hybridized carbons (Fsp3) is 0.143. The first-order valence-corrected chi connectivity index (χ1v) is 6.17. The second kappa shape index (κ2) is 6.15. The van der Waals surface area contributed by atoms with E-state index in [1.807, 2.05) is 0 Å². The van der Waals surface area contributed by atoms with Gasteiger partial charge in [-0.3, -0.25) is 0 Å². The summed E-state index contributed by atoms with van der Waals surface area (Å²) in [7, 11) is 0. The van der Waals surface area contributed by atoms with Crippen LogP contribution in [-0.2, 0) is 0 Å². The van der Waals surface area contributed by atoms with Crippen LogP contribution in [0.5, 0.6) is 0 Å². The van der Waals surface area contributed by atoms with Crippen LogP contribution in [0.15, 0.2) is 36.4 Å². The minimum Gasteiger partial charge on any atom is -0.387 e. The minimum atomic E-state index is -1.11. The second-order valence-electron chi connectivity index (χ2n) is 4.19. The molecule has 2 nitrogen and oxygen atoms in total. The fourth-order valence-electron chi connectivity index (χ4n) is 1.68. The molecule has 0 aromatic heterocycles. The van der Waals surface area contributed by atoms with E-state index in [2.05, 4.69) is 5.32 Å². The quantitative estimate of drug-likeness (QED) is 0.897. The molecule has 2 aromatic rings. The second-order valence-corrected chi connectivity index (χ2v) is 4.63.